The smallest absolute Gasteiger partial charge is 0.335 e. The first-order chi connectivity index (χ1) is 6.61. The molecule has 0 aliphatic carbocycles. The van der Waals surface area contributed by atoms with E-state index in [0.29, 0.717) is 12.5 Å². The second kappa shape index (κ2) is 7.76. The van der Waals surface area contributed by atoms with E-state index in [4.69, 9.17) is 14.6 Å². The van der Waals surface area contributed by atoms with Crippen LogP contribution in [0.25, 0.3) is 0 Å². The maximum Gasteiger partial charge on any atom is 0.335 e. The molecule has 84 valence electrons. The molecule has 0 fully saturated rings. The summed E-state index contributed by atoms with van der Waals surface area (Å²) in [6, 6.07) is 0. The molecule has 0 aromatic rings. The van der Waals surface area contributed by atoms with E-state index in [1.165, 1.54) is 7.11 Å². The lowest BCUT2D eigenvalue weighted by Gasteiger charge is -2.16. The van der Waals surface area contributed by atoms with Gasteiger partial charge >= 0.3 is 5.97 Å². The number of carbonyl (C=O) groups is 1. The minimum absolute atomic E-state index is 0.105. The SMILES string of the molecule is CCCC(C)COC(COC)C(=O)O. The highest BCUT2D eigenvalue weighted by atomic mass is 16.5. The van der Waals surface area contributed by atoms with Gasteiger partial charge in [-0.05, 0) is 12.3 Å². The maximum absolute atomic E-state index is 10.7. The summed E-state index contributed by atoms with van der Waals surface area (Å²) in [5.41, 5.74) is 0. The number of carboxylic acid groups (broad SMARTS) is 1. The fraction of sp³-hybridized carbons (Fsp3) is 0.900. The summed E-state index contributed by atoms with van der Waals surface area (Å²) >= 11 is 0. The molecule has 0 aliphatic heterocycles. The van der Waals surface area contributed by atoms with Crippen molar-refractivity contribution in [1.29, 1.82) is 0 Å². The highest BCUT2D eigenvalue weighted by Gasteiger charge is 2.18. The standard InChI is InChI=1S/C10H20O4/c1-4-5-8(2)6-14-9(7-13-3)10(11)12/h8-9H,4-7H2,1-3H3,(H,11,12). The van der Waals surface area contributed by atoms with Crippen LogP contribution in [-0.2, 0) is 14.3 Å². The zero-order chi connectivity index (χ0) is 11.0. The van der Waals surface area contributed by atoms with Crippen molar-refractivity contribution >= 4 is 5.97 Å². The molecule has 0 amide bonds. The van der Waals surface area contributed by atoms with Crippen molar-refractivity contribution in [1.82, 2.24) is 0 Å². The zero-order valence-corrected chi connectivity index (χ0v) is 9.16. The van der Waals surface area contributed by atoms with Gasteiger partial charge in [-0.15, -0.1) is 0 Å². The van der Waals surface area contributed by atoms with Gasteiger partial charge in [0.1, 0.15) is 0 Å². The molecule has 2 atom stereocenters. The number of aliphatic carboxylic acids is 1. The summed E-state index contributed by atoms with van der Waals surface area (Å²) in [5.74, 6) is -0.561. The van der Waals surface area contributed by atoms with Gasteiger partial charge in [-0.3, -0.25) is 0 Å². The molecule has 4 heteroatoms. The number of hydrogen-bond donors (Lipinski definition) is 1. The van der Waals surface area contributed by atoms with Gasteiger partial charge in [0.2, 0.25) is 0 Å². The van der Waals surface area contributed by atoms with E-state index in [-0.39, 0.29) is 6.61 Å². The Morgan fingerprint density at radius 2 is 2.07 bits per heavy atom. The summed E-state index contributed by atoms with van der Waals surface area (Å²) in [7, 11) is 1.47. The predicted molar refractivity (Wildman–Crippen MR) is 53.3 cm³/mol. The van der Waals surface area contributed by atoms with E-state index in [1.807, 2.05) is 0 Å². The Kier molecular flexibility index (Phi) is 7.42. The quantitative estimate of drug-likeness (QED) is 0.651. The molecule has 0 bridgehead atoms. The summed E-state index contributed by atoms with van der Waals surface area (Å²) in [6.07, 6.45) is 1.31. The Hall–Kier alpha value is -0.610. The first-order valence-electron chi connectivity index (χ1n) is 4.95. The molecule has 0 radical (unpaired) electrons. The number of methoxy groups -OCH3 is 1. The van der Waals surface area contributed by atoms with E-state index >= 15 is 0 Å². The van der Waals surface area contributed by atoms with E-state index in [1.54, 1.807) is 0 Å². The van der Waals surface area contributed by atoms with Crippen LogP contribution < -0.4 is 0 Å². The first-order valence-corrected chi connectivity index (χ1v) is 4.95. The van der Waals surface area contributed by atoms with Gasteiger partial charge in [-0.2, -0.15) is 0 Å². The molecule has 0 aromatic heterocycles. The van der Waals surface area contributed by atoms with Crippen LogP contribution >= 0.6 is 0 Å². The van der Waals surface area contributed by atoms with E-state index in [9.17, 15) is 4.79 Å². The lowest BCUT2D eigenvalue weighted by Crippen LogP contribution is -2.30. The third-order valence-corrected chi connectivity index (χ3v) is 1.96. The van der Waals surface area contributed by atoms with Crippen molar-refractivity contribution in [3.8, 4) is 0 Å². The number of ether oxygens (including phenoxy) is 2. The zero-order valence-electron chi connectivity index (χ0n) is 9.16. The Labute approximate surface area is 85.2 Å². The van der Waals surface area contributed by atoms with Crippen molar-refractivity contribution < 1.29 is 19.4 Å². The molecule has 2 unspecified atom stereocenters. The monoisotopic (exact) mass is 204 g/mol. The average molecular weight is 204 g/mol. The van der Waals surface area contributed by atoms with Crippen molar-refractivity contribution in [2.45, 2.75) is 32.8 Å². The van der Waals surface area contributed by atoms with Gasteiger partial charge in [-0.25, -0.2) is 4.79 Å². The number of carboxylic acids is 1. The van der Waals surface area contributed by atoms with Crippen LogP contribution in [0.3, 0.4) is 0 Å². The topological polar surface area (TPSA) is 55.8 Å². The lowest BCUT2D eigenvalue weighted by atomic mass is 10.1. The van der Waals surface area contributed by atoms with Crippen LogP contribution in [0.1, 0.15) is 26.7 Å². The minimum Gasteiger partial charge on any atom is -0.479 e. The van der Waals surface area contributed by atoms with E-state index < -0.39 is 12.1 Å². The van der Waals surface area contributed by atoms with E-state index in [2.05, 4.69) is 13.8 Å². The lowest BCUT2D eigenvalue weighted by molar-refractivity contribution is -0.154. The fourth-order valence-electron chi connectivity index (χ4n) is 1.20. The minimum atomic E-state index is -0.962. The van der Waals surface area contributed by atoms with Crippen molar-refractivity contribution in [2.75, 3.05) is 20.3 Å². The Morgan fingerprint density at radius 1 is 1.43 bits per heavy atom. The molecule has 14 heavy (non-hydrogen) atoms. The molecule has 0 heterocycles. The third-order valence-electron chi connectivity index (χ3n) is 1.96. The molecule has 0 aromatic carbocycles. The highest BCUT2D eigenvalue weighted by molar-refractivity contribution is 5.72. The van der Waals surface area contributed by atoms with Gasteiger partial charge in [-0.1, -0.05) is 20.3 Å². The molecular weight excluding hydrogens is 184 g/mol. The van der Waals surface area contributed by atoms with Gasteiger partial charge in [0.05, 0.1) is 13.2 Å². The molecule has 0 aliphatic rings. The Morgan fingerprint density at radius 3 is 2.50 bits per heavy atom. The summed E-state index contributed by atoms with van der Waals surface area (Å²) < 4.78 is 9.99. The van der Waals surface area contributed by atoms with Crippen molar-refractivity contribution in [3.05, 3.63) is 0 Å². The maximum atomic E-state index is 10.7. The normalized spacial score (nSPS) is 15.1. The van der Waals surface area contributed by atoms with Gasteiger partial charge < -0.3 is 14.6 Å². The van der Waals surface area contributed by atoms with Crippen molar-refractivity contribution in [2.24, 2.45) is 5.92 Å². The fourth-order valence-corrected chi connectivity index (χ4v) is 1.20. The first kappa shape index (κ1) is 13.4. The van der Waals surface area contributed by atoms with Crippen LogP contribution in [0, 0.1) is 5.92 Å². The molecule has 0 spiro atoms. The predicted octanol–water partition coefficient (Wildman–Crippen LogP) is 1.54. The molecule has 0 rings (SSSR count). The number of rotatable bonds is 8. The second-order valence-corrected chi connectivity index (χ2v) is 3.51. The molecule has 1 N–H and O–H groups in total. The Balaban J connectivity index is 3.75. The molecule has 0 saturated carbocycles. The van der Waals surface area contributed by atoms with Gasteiger partial charge in [0.25, 0.3) is 0 Å². The van der Waals surface area contributed by atoms with Crippen LogP contribution in [0.2, 0.25) is 0 Å². The highest BCUT2D eigenvalue weighted by Crippen LogP contribution is 2.07. The van der Waals surface area contributed by atoms with Crippen LogP contribution in [0.5, 0.6) is 0 Å². The van der Waals surface area contributed by atoms with E-state index in [0.717, 1.165) is 12.8 Å². The average Bonchev–Trinajstić information content (AvgIpc) is 2.12. The second-order valence-electron chi connectivity index (χ2n) is 3.51. The number of hydrogen-bond acceptors (Lipinski definition) is 3. The summed E-state index contributed by atoms with van der Waals surface area (Å²) in [5, 5.41) is 8.74. The third kappa shape index (κ3) is 5.94. The van der Waals surface area contributed by atoms with Crippen molar-refractivity contribution in [3.63, 3.8) is 0 Å². The van der Waals surface area contributed by atoms with Crippen LogP contribution in [0.4, 0.5) is 0 Å². The van der Waals surface area contributed by atoms with Crippen LogP contribution in [-0.4, -0.2) is 37.5 Å². The largest absolute Gasteiger partial charge is 0.479 e. The molecule has 4 nitrogen and oxygen atoms in total. The van der Waals surface area contributed by atoms with Gasteiger partial charge in [0.15, 0.2) is 6.10 Å². The van der Waals surface area contributed by atoms with Crippen LogP contribution in [0.15, 0.2) is 0 Å². The molecular formula is C10H20O4. The van der Waals surface area contributed by atoms with Gasteiger partial charge in [0, 0.05) is 7.11 Å². The summed E-state index contributed by atoms with van der Waals surface area (Å²) in [6.45, 7) is 4.73. The molecule has 0 saturated heterocycles. The Bertz CT molecular complexity index is 158. The summed E-state index contributed by atoms with van der Waals surface area (Å²) in [4.78, 5) is 10.7.